The Labute approximate surface area is 164 Å². The predicted octanol–water partition coefficient (Wildman–Crippen LogP) is 2.72. The topological polar surface area (TPSA) is 90.8 Å². The summed E-state index contributed by atoms with van der Waals surface area (Å²) < 4.78 is 0. The molecule has 0 spiro atoms. The van der Waals surface area contributed by atoms with Crippen LogP contribution in [0.2, 0.25) is 5.02 Å². The molecule has 0 aliphatic heterocycles. The molecule has 6 nitrogen and oxygen atoms in total. The number of amides is 2. The van der Waals surface area contributed by atoms with E-state index in [4.69, 9.17) is 18.0 Å². The maximum absolute atomic E-state index is 12.3. The van der Waals surface area contributed by atoms with Gasteiger partial charge in [-0.05, 0) is 45.7 Å². The number of hydrogen-bond acceptors (Lipinski definition) is 4. The number of nitrogens with zero attached hydrogens (tertiary/aromatic N) is 1. The van der Waals surface area contributed by atoms with Crippen LogP contribution >= 0.6 is 11.6 Å². The van der Waals surface area contributed by atoms with Gasteiger partial charge in [0.15, 0.2) is 0 Å². The molecule has 0 radical (unpaired) electrons. The molecule has 0 aromatic heterocycles. The van der Waals surface area contributed by atoms with E-state index in [-0.39, 0.29) is 23.8 Å². The Morgan fingerprint density at radius 3 is 2.63 bits per heavy atom. The van der Waals surface area contributed by atoms with Crippen molar-refractivity contribution in [1.29, 1.82) is 0 Å². The van der Waals surface area contributed by atoms with Crippen LogP contribution in [0.15, 0.2) is 46.7 Å². The first kappa shape index (κ1) is 22.0. The third kappa shape index (κ3) is 7.00. The lowest BCUT2D eigenvalue weighted by Crippen LogP contribution is -2.42. The van der Waals surface area contributed by atoms with E-state index in [0.717, 1.165) is 0 Å². The van der Waals surface area contributed by atoms with Crippen molar-refractivity contribution < 1.29 is 14.7 Å². The smallest absolute Gasteiger partial charge is 0.271 e. The summed E-state index contributed by atoms with van der Waals surface area (Å²) in [6.07, 6.45) is 8.27. The zero-order valence-electron chi connectivity index (χ0n) is 15.5. The van der Waals surface area contributed by atoms with Crippen molar-refractivity contribution >= 4 is 30.1 Å². The van der Waals surface area contributed by atoms with E-state index in [9.17, 15) is 14.7 Å². The van der Waals surface area contributed by atoms with Crippen molar-refractivity contribution in [3.8, 4) is 18.1 Å². The van der Waals surface area contributed by atoms with E-state index < -0.39 is 11.4 Å². The number of benzene rings is 1. The summed E-state index contributed by atoms with van der Waals surface area (Å²) in [5.41, 5.74) is -0.0794. The van der Waals surface area contributed by atoms with Crippen molar-refractivity contribution in [1.82, 2.24) is 10.6 Å². The molecule has 0 heterocycles. The fraction of sp³-hybridized carbons (Fsp3) is 0.250. The van der Waals surface area contributed by atoms with Crippen molar-refractivity contribution in [2.24, 2.45) is 4.99 Å². The number of aliphatic imine (C=N–C) groups is 1. The molecule has 142 valence electrons. The third-order valence-corrected chi connectivity index (χ3v) is 3.71. The number of phenolic OH excluding ortho intramolecular Hbond substituents is 1. The minimum absolute atomic E-state index is 0.000986. The summed E-state index contributed by atoms with van der Waals surface area (Å²) in [5.74, 6) is 1.48. The van der Waals surface area contributed by atoms with Gasteiger partial charge in [-0.15, -0.1) is 6.42 Å². The number of halogens is 1. The quantitative estimate of drug-likeness (QED) is 0.291. The Balaban J connectivity index is 2.88. The van der Waals surface area contributed by atoms with Gasteiger partial charge in [-0.1, -0.05) is 29.7 Å². The molecule has 1 aromatic carbocycles. The van der Waals surface area contributed by atoms with Crippen LogP contribution in [-0.2, 0) is 16.0 Å². The van der Waals surface area contributed by atoms with Crippen LogP contribution in [0.5, 0.6) is 5.75 Å². The number of carbonyl (C=O) groups is 2. The summed E-state index contributed by atoms with van der Waals surface area (Å²) in [6.45, 7) is 8.40. The highest BCUT2D eigenvalue weighted by Gasteiger charge is 2.19. The van der Waals surface area contributed by atoms with E-state index in [2.05, 4.69) is 28.3 Å². The third-order valence-electron chi connectivity index (χ3n) is 3.48. The molecule has 0 saturated carbocycles. The van der Waals surface area contributed by atoms with Gasteiger partial charge in [-0.2, -0.15) is 0 Å². The molecule has 3 N–H and O–H groups in total. The minimum atomic E-state index is -0.855. The van der Waals surface area contributed by atoms with E-state index in [1.807, 2.05) is 0 Å². The normalized spacial score (nSPS) is 12.1. The largest absolute Gasteiger partial charge is 0.508 e. The van der Waals surface area contributed by atoms with Crippen molar-refractivity contribution in [2.45, 2.75) is 32.7 Å². The van der Waals surface area contributed by atoms with Gasteiger partial charge in [0.1, 0.15) is 11.4 Å². The molecule has 0 fully saturated rings. The first-order valence-corrected chi connectivity index (χ1v) is 8.42. The zero-order chi connectivity index (χ0) is 20.6. The first-order valence-electron chi connectivity index (χ1n) is 8.04. The van der Waals surface area contributed by atoms with Gasteiger partial charge in [-0.25, -0.2) is 0 Å². The van der Waals surface area contributed by atoms with E-state index in [0.29, 0.717) is 16.3 Å². The molecule has 1 rings (SSSR count). The van der Waals surface area contributed by atoms with E-state index in [1.54, 1.807) is 39.0 Å². The lowest BCUT2D eigenvalue weighted by Gasteiger charge is -2.19. The molecular weight excluding hydrogens is 366 g/mol. The molecule has 7 heteroatoms. The molecule has 1 aromatic rings. The minimum Gasteiger partial charge on any atom is -0.508 e. The van der Waals surface area contributed by atoms with Gasteiger partial charge in [-0.3, -0.25) is 14.6 Å². The number of aromatic hydroxyl groups is 1. The number of terminal acetylenes is 1. The number of allylic oxidation sites excluding steroid dienone is 2. The standard InChI is InChI=1S/C20H22ClN3O3/c1-6-15(12-16(22-5)19(27)24-20(3,4)7-2)23-18(26)10-13-8-9-14(21)11-17(13)25/h2,6,8-9,11-12,25H,5,10H2,1,3-4H3,(H,23,26)(H,24,27)/b15-6+,16-12-. The average molecular weight is 388 g/mol. The number of hydrogen-bond donors (Lipinski definition) is 3. The molecule has 0 aliphatic carbocycles. The first-order chi connectivity index (χ1) is 12.6. The summed E-state index contributed by atoms with van der Waals surface area (Å²) in [5, 5.41) is 15.5. The second-order valence-corrected chi connectivity index (χ2v) is 6.59. The average Bonchev–Trinajstić information content (AvgIpc) is 2.60. The Bertz CT molecular complexity index is 849. The molecule has 0 atom stereocenters. The SMILES string of the molecule is C#CC(C)(C)NC(=O)/C(=C/C(=C\C)NC(=O)Cc1ccc(Cl)cc1O)N=C. The fourth-order valence-corrected chi connectivity index (χ4v) is 2.14. The fourth-order valence-electron chi connectivity index (χ4n) is 1.97. The van der Waals surface area contributed by atoms with Gasteiger partial charge in [0.25, 0.3) is 5.91 Å². The number of phenols is 1. The van der Waals surface area contributed by atoms with Gasteiger partial charge in [0.2, 0.25) is 5.91 Å². The highest BCUT2D eigenvalue weighted by atomic mass is 35.5. The van der Waals surface area contributed by atoms with Gasteiger partial charge in [0, 0.05) is 16.3 Å². The zero-order valence-corrected chi connectivity index (χ0v) is 16.2. The number of rotatable bonds is 7. The highest BCUT2D eigenvalue weighted by molar-refractivity contribution is 6.30. The Kier molecular flexibility index (Phi) is 7.82. The van der Waals surface area contributed by atoms with E-state index >= 15 is 0 Å². The number of nitrogens with one attached hydrogen (secondary N) is 2. The van der Waals surface area contributed by atoms with Crippen molar-refractivity contribution in [2.75, 3.05) is 0 Å². The molecular formula is C20H22ClN3O3. The Morgan fingerprint density at radius 1 is 1.44 bits per heavy atom. The molecule has 0 aliphatic rings. The van der Waals surface area contributed by atoms with Gasteiger partial charge < -0.3 is 15.7 Å². The van der Waals surface area contributed by atoms with Crippen molar-refractivity contribution in [3.05, 3.63) is 52.3 Å². The van der Waals surface area contributed by atoms with Crippen LogP contribution in [0.3, 0.4) is 0 Å². The van der Waals surface area contributed by atoms with Crippen LogP contribution in [0.4, 0.5) is 0 Å². The van der Waals surface area contributed by atoms with Gasteiger partial charge >= 0.3 is 0 Å². The summed E-state index contributed by atoms with van der Waals surface area (Å²) in [7, 11) is 0. The molecule has 27 heavy (non-hydrogen) atoms. The van der Waals surface area contributed by atoms with E-state index in [1.165, 1.54) is 12.1 Å². The van der Waals surface area contributed by atoms with Crippen LogP contribution < -0.4 is 10.6 Å². The maximum atomic E-state index is 12.3. The Hall–Kier alpha value is -3.04. The van der Waals surface area contributed by atoms with Crippen LogP contribution in [-0.4, -0.2) is 29.2 Å². The van der Waals surface area contributed by atoms with Crippen LogP contribution in [0.1, 0.15) is 26.3 Å². The van der Waals surface area contributed by atoms with Crippen molar-refractivity contribution in [3.63, 3.8) is 0 Å². The molecule has 0 unspecified atom stereocenters. The molecule has 2 amide bonds. The summed E-state index contributed by atoms with van der Waals surface area (Å²) in [6, 6.07) is 4.50. The Morgan fingerprint density at radius 2 is 2.11 bits per heavy atom. The molecule has 0 bridgehead atoms. The monoisotopic (exact) mass is 387 g/mol. The second-order valence-electron chi connectivity index (χ2n) is 6.15. The van der Waals surface area contributed by atoms with Crippen LogP contribution in [0.25, 0.3) is 0 Å². The molecule has 0 saturated heterocycles. The highest BCUT2D eigenvalue weighted by Crippen LogP contribution is 2.22. The maximum Gasteiger partial charge on any atom is 0.271 e. The second kappa shape index (κ2) is 9.60. The lowest BCUT2D eigenvalue weighted by molar-refractivity contribution is -0.120. The summed E-state index contributed by atoms with van der Waals surface area (Å²) >= 11 is 5.78. The van der Waals surface area contributed by atoms with Crippen LogP contribution in [0, 0.1) is 12.3 Å². The summed E-state index contributed by atoms with van der Waals surface area (Å²) in [4.78, 5) is 28.2. The predicted molar refractivity (Wildman–Crippen MR) is 107 cm³/mol. The number of carbonyl (C=O) groups excluding carboxylic acids is 2. The lowest BCUT2D eigenvalue weighted by atomic mass is 10.1. The van der Waals surface area contributed by atoms with Gasteiger partial charge in [0.05, 0.1) is 12.0 Å².